The van der Waals surface area contributed by atoms with Crippen LogP contribution in [0.5, 0.6) is 0 Å². The lowest BCUT2D eigenvalue weighted by molar-refractivity contribution is -0.121. The summed E-state index contributed by atoms with van der Waals surface area (Å²) in [6, 6.07) is 21.0. The zero-order valence-corrected chi connectivity index (χ0v) is 22.3. The number of esters is 1. The van der Waals surface area contributed by atoms with Crippen molar-refractivity contribution in [2.24, 2.45) is 11.8 Å². The lowest BCUT2D eigenvalue weighted by Gasteiger charge is -2.34. The number of para-hydroxylation sites is 2. The highest BCUT2D eigenvalue weighted by Gasteiger charge is 2.32. The molecule has 2 unspecified atom stereocenters. The second-order valence-corrected chi connectivity index (χ2v) is 12.7. The molecule has 1 saturated heterocycles. The molecule has 0 aromatic heterocycles. The Hall–Kier alpha value is -3.14. The van der Waals surface area contributed by atoms with Crippen molar-refractivity contribution >= 4 is 45.0 Å². The standard InChI is InChI=1S/C28H28N2O5S2/c1-19-14-20(2)17-29(16-19)37(33,34)22-9-7-8-21(15-22)28(32)35-18-27(31)30-23-10-3-5-12-25(23)36-26-13-6-4-11-24(26)30/h3-13,15,19-20H,14,16-18H2,1-2H3. The first-order valence-electron chi connectivity index (χ1n) is 12.2. The van der Waals surface area contributed by atoms with Crippen LogP contribution in [-0.2, 0) is 19.6 Å². The summed E-state index contributed by atoms with van der Waals surface area (Å²) >= 11 is 1.58. The molecule has 0 N–H and O–H groups in total. The van der Waals surface area contributed by atoms with Gasteiger partial charge in [-0.3, -0.25) is 9.69 Å². The van der Waals surface area contributed by atoms with Gasteiger partial charge in [-0.25, -0.2) is 13.2 Å². The molecule has 2 aliphatic heterocycles. The van der Waals surface area contributed by atoms with Crippen molar-refractivity contribution in [3.63, 3.8) is 0 Å². The van der Waals surface area contributed by atoms with Crippen LogP contribution in [0.15, 0.2) is 87.5 Å². The zero-order chi connectivity index (χ0) is 26.2. The van der Waals surface area contributed by atoms with Crippen LogP contribution in [0.1, 0.15) is 30.6 Å². The summed E-state index contributed by atoms with van der Waals surface area (Å²) in [5, 5.41) is 0. The number of anilines is 2. The third-order valence-corrected chi connectivity index (χ3v) is 9.51. The highest BCUT2D eigenvalue weighted by Crippen LogP contribution is 2.47. The first-order valence-corrected chi connectivity index (χ1v) is 14.5. The van der Waals surface area contributed by atoms with Gasteiger partial charge in [-0.1, -0.05) is 55.9 Å². The Bertz CT molecular complexity index is 1400. The summed E-state index contributed by atoms with van der Waals surface area (Å²) in [6.45, 7) is 4.51. The van der Waals surface area contributed by atoms with Crippen molar-refractivity contribution in [1.82, 2.24) is 4.31 Å². The van der Waals surface area contributed by atoms with Crippen LogP contribution in [0.2, 0.25) is 0 Å². The highest BCUT2D eigenvalue weighted by molar-refractivity contribution is 7.99. The first-order chi connectivity index (χ1) is 17.7. The molecule has 5 rings (SSSR count). The number of benzene rings is 3. The number of hydrogen-bond acceptors (Lipinski definition) is 6. The smallest absolute Gasteiger partial charge is 0.338 e. The number of piperidine rings is 1. The zero-order valence-electron chi connectivity index (χ0n) is 20.7. The Kier molecular flexibility index (Phi) is 7.11. The summed E-state index contributed by atoms with van der Waals surface area (Å²) < 4.78 is 33.4. The van der Waals surface area contributed by atoms with Crippen LogP contribution in [0.4, 0.5) is 11.4 Å². The van der Waals surface area contributed by atoms with E-state index in [4.69, 9.17) is 4.74 Å². The fraction of sp³-hybridized carbons (Fsp3) is 0.286. The fourth-order valence-electron chi connectivity index (χ4n) is 4.98. The van der Waals surface area contributed by atoms with E-state index in [0.29, 0.717) is 13.1 Å². The van der Waals surface area contributed by atoms with Gasteiger partial charge in [-0.05, 0) is 60.7 Å². The molecule has 1 fully saturated rings. The topological polar surface area (TPSA) is 84.0 Å². The molecule has 3 aromatic rings. The van der Waals surface area contributed by atoms with Crippen LogP contribution in [0, 0.1) is 11.8 Å². The molecule has 37 heavy (non-hydrogen) atoms. The van der Waals surface area contributed by atoms with Gasteiger partial charge < -0.3 is 4.74 Å². The molecular weight excluding hydrogens is 508 g/mol. The maximum absolute atomic E-state index is 13.3. The van der Waals surface area contributed by atoms with Gasteiger partial charge in [-0.2, -0.15) is 4.31 Å². The summed E-state index contributed by atoms with van der Waals surface area (Å²) in [5.41, 5.74) is 1.54. The van der Waals surface area contributed by atoms with Crippen molar-refractivity contribution in [3.8, 4) is 0 Å². The fourth-order valence-corrected chi connectivity index (χ4v) is 7.77. The van der Waals surface area contributed by atoms with Crippen LogP contribution < -0.4 is 4.90 Å². The second-order valence-electron chi connectivity index (χ2n) is 9.64. The SMILES string of the molecule is CC1CC(C)CN(S(=O)(=O)c2cccc(C(=O)OCC(=O)N3c4ccccc4Sc4ccccc43)c2)C1. The number of carbonyl (C=O) groups excluding carboxylic acids is 2. The summed E-state index contributed by atoms with van der Waals surface area (Å²) in [4.78, 5) is 29.6. The van der Waals surface area contributed by atoms with Crippen molar-refractivity contribution < 1.29 is 22.7 Å². The van der Waals surface area contributed by atoms with Crippen LogP contribution in [0.3, 0.4) is 0 Å². The van der Waals surface area contributed by atoms with Crippen molar-refractivity contribution in [2.45, 2.75) is 35.0 Å². The predicted octanol–water partition coefficient (Wildman–Crippen LogP) is 5.34. The number of sulfonamides is 1. The maximum atomic E-state index is 13.3. The average Bonchev–Trinajstić information content (AvgIpc) is 2.89. The number of carbonyl (C=O) groups is 2. The Morgan fingerprint density at radius 1 is 0.892 bits per heavy atom. The Morgan fingerprint density at radius 2 is 1.49 bits per heavy atom. The molecule has 2 heterocycles. The Labute approximate surface area is 221 Å². The van der Waals surface area contributed by atoms with Crippen molar-refractivity contribution in [2.75, 3.05) is 24.6 Å². The molecular formula is C28H28N2O5S2. The van der Waals surface area contributed by atoms with E-state index >= 15 is 0 Å². The van der Waals surface area contributed by atoms with Gasteiger partial charge in [0.05, 0.1) is 21.8 Å². The lowest BCUT2D eigenvalue weighted by atomic mass is 9.94. The van der Waals surface area contributed by atoms with E-state index in [-0.39, 0.29) is 22.3 Å². The van der Waals surface area contributed by atoms with E-state index in [2.05, 4.69) is 0 Å². The van der Waals surface area contributed by atoms with Gasteiger partial charge in [0, 0.05) is 22.9 Å². The first kappa shape index (κ1) is 25.5. The van der Waals surface area contributed by atoms with Gasteiger partial charge in [0.25, 0.3) is 5.91 Å². The minimum Gasteiger partial charge on any atom is -0.452 e. The number of ether oxygens (including phenoxy) is 1. The van der Waals surface area contributed by atoms with Gasteiger partial charge in [-0.15, -0.1) is 0 Å². The van der Waals surface area contributed by atoms with Gasteiger partial charge in [0.1, 0.15) is 0 Å². The highest BCUT2D eigenvalue weighted by atomic mass is 32.2. The van der Waals surface area contributed by atoms with Crippen LogP contribution >= 0.6 is 11.8 Å². The number of hydrogen-bond donors (Lipinski definition) is 0. The lowest BCUT2D eigenvalue weighted by Crippen LogP contribution is -2.42. The number of nitrogens with zero attached hydrogens (tertiary/aromatic N) is 2. The molecule has 0 aliphatic carbocycles. The predicted molar refractivity (Wildman–Crippen MR) is 143 cm³/mol. The Morgan fingerprint density at radius 3 is 2.11 bits per heavy atom. The molecule has 2 atom stereocenters. The molecule has 192 valence electrons. The number of fused-ring (bicyclic) bond motifs is 2. The average molecular weight is 537 g/mol. The number of amides is 1. The van der Waals surface area contributed by atoms with Crippen LogP contribution in [0.25, 0.3) is 0 Å². The monoisotopic (exact) mass is 536 g/mol. The minimum atomic E-state index is -3.75. The molecule has 1 amide bonds. The van der Waals surface area contributed by atoms with Crippen LogP contribution in [-0.4, -0.2) is 44.3 Å². The molecule has 9 heteroatoms. The van der Waals surface area contributed by atoms with Gasteiger partial charge >= 0.3 is 5.97 Å². The van der Waals surface area contributed by atoms with Crippen molar-refractivity contribution in [1.29, 1.82) is 0 Å². The van der Waals surface area contributed by atoms with E-state index < -0.39 is 28.5 Å². The maximum Gasteiger partial charge on any atom is 0.338 e. The quantitative estimate of drug-likeness (QED) is 0.410. The summed E-state index contributed by atoms with van der Waals surface area (Å²) in [7, 11) is -3.75. The largest absolute Gasteiger partial charge is 0.452 e. The van der Waals surface area contributed by atoms with E-state index in [1.54, 1.807) is 16.7 Å². The molecule has 3 aromatic carbocycles. The molecule has 7 nitrogen and oxygen atoms in total. The van der Waals surface area contributed by atoms with Gasteiger partial charge in [0.15, 0.2) is 6.61 Å². The van der Waals surface area contributed by atoms with Gasteiger partial charge in [0.2, 0.25) is 10.0 Å². The summed E-state index contributed by atoms with van der Waals surface area (Å²) in [5.74, 6) is -0.616. The van der Waals surface area contributed by atoms with E-state index in [1.807, 2.05) is 62.4 Å². The van der Waals surface area contributed by atoms with Crippen molar-refractivity contribution in [3.05, 3.63) is 78.4 Å². The van der Waals surface area contributed by atoms with E-state index in [0.717, 1.165) is 27.6 Å². The molecule has 0 spiro atoms. The third-order valence-electron chi connectivity index (χ3n) is 6.55. The minimum absolute atomic E-state index is 0.0467. The van der Waals surface area contributed by atoms with E-state index in [1.165, 1.54) is 28.6 Å². The molecule has 0 saturated carbocycles. The summed E-state index contributed by atoms with van der Waals surface area (Å²) in [6.07, 6.45) is 0.983. The second kappa shape index (κ2) is 10.3. The third kappa shape index (κ3) is 5.16. The molecule has 0 bridgehead atoms. The number of rotatable bonds is 5. The Balaban J connectivity index is 1.32. The normalized spacial score (nSPS) is 19.6. The molecule has 2 aliphatic rings. The molecule has 0 radical (unpaired) electrons. The van der Waals surface area contributed by atoms with E-state index in [9.17, 15) is 18.0 Å².